The number of hydrogen-bond acceptors (Lipinski definition) is 3. The molecule has 2 aromatic carbocycles. The molecule has 4 heteroatoms. The second-order valence-corrected chi connectivity index (χ2v) is 9.05. The van der Waals surface area contributed by atoms with E-state index in [4.69, 9.17) is 9.47 Å². The summed E-state index contributed by atoms with van der Waals surface area (Å²) in [5, 5.41) is 1.26. The zero-order valence-corrected chi connectivity index (χ0v) is 19.6. The number of methoxy groups -OCH3 is 1. The monoisotopic (exact) mass is 420 g/mol. The summed E-state index contributed by atoms with van der Waals surface area (Å²) in [6.07, 6.45) is 4.45. The van der Waals surface area contributed by atoms with Crippen LogP contribution >= 0.6 is 0 Å². The Bertz CT molecular complexity index is 1010. The van der Waals surface area contributed by atoms with Crippen LogP contribution in [0.25, 0.3) is 10.9 Å². The Morgan fingerprint density at radius 3 is 2.61 bits per heavy atom. The van der Waals surface area contributed by atoms with E-state index in [1.807, 2.05) is 6.20 Å². The van der Waals surface area contributed by atoms with Gasteiger partial charge in [0.05, 0.1) is 13.2 Å². The summed E-state index contributed by atoms with van der Waals surface area (Å²) < 4.78 is 11.9. The average Bonchev–Trinajstić information content (AvgIpc) is 3.27. The lowest BCUT2D eigenvalue weighted by Gasteiger charge is -2.40. The van der Waals surface area contributed by atoms with Crippen LogP contribution in [0.5, 0.6) is 5.75 Å². The molecule has 0 unspecified atom stereocenters. The molecule has 4 nitrogen and oxygen atoms in total. The first-order valence-corrected chi connectivity index (χ1v) is 11.6. The van der Waals surface area contributed by atoms with Gasteiger partial charge >= 0.3 is 0 Å². The van der Waals surface area contributed by atoms with E-state index in [0.29, 0.717) is 18.1 Å². The fourth-order valence-corrected chi connectivity index (χ4v) is 4.99. The molecule has 31 heavy (non-hydrogen) atoms. The van der Waals surface area contributed by atoms with Crippen LogP contribution in [0.3, 0.4) is 0 Å². The molecule has 2 atom stereocenters. The van der Waals surface area contributed by atoms with Crippen molar-refractivity contribution in [2.75, 3.05) is 20.3 Å². The van der Waals surface area contributed by atoms with Crippen molar-refractivity contribution >= 4 is 10.9 Å². The maximum Gasteiger partial charge on any atom is 0.124 e. The molecule has 1 N–H and O–H groups in total. The third-order valence-corrected chi connectivity index (χ3v) is 6.75. The summed E-state index contributed by atoms with van der Waals surface area (Å²) in [7, 11) is 1.78. The van der Waals surface area contributed by atoms with Gasteiger partial charge in [-0.05, 0) is 61.4 Å². The Labute approximate surface area is 186 Å². The average molecular weight is 421 g/mol. The molecule has 1 aliphatic rings. The zero-order chi connectivity index (χ0) is 22.0. The Morgan fingerprint density at radius 2 is 1.94 bits per heavy atom. The smallest absolute Gasteiger partial charge is 0.124 e. The van der Waals surface area contributed by atoms with Crippen molar-refractivity contribution < 1.29 is 9.47 Å². The van der Waals surface area contributed by atoms with E-state index < -0.39 is 0 Å². The molecule has 1 aliphatic heterocycles. The van der Waals surface area contributed by atoms with Gasteiger partial charge in [-0.2, -0.15) is 0 Å². The van der Waals surface area contributed by atoms with Gasteiger partial charge in [0.1, 0.15) is 5.75 Å². The molecule has 0 saturated carbocycles. The zero-order valence-electron chi connectivity index (χ0n) is 19.6. The number of likely N-dealkylation sites (tertiary alicyclic amines) is 1. The van der Waals surface area contributed by atoms with Crippen molar-refractivity contribution in [3.63, 3.8) is 0 Å². The molecular weight excluding hydrogens is 384 g/mol. The van der Waals surface area contributed by atoms with Crippen molar-refractivity contribution in [1.82, 2.24) is 9.88 Å². The number of aromatic amines is 1. The summed E-state index contributed by atoms with van der Waals surface area (Å²) in [5.41, 5.74) is 6.46. The van der Waals surface area contributed by atoms with Crippen LogP contribution in [0, 0.1) is 6.92 Å². The number of hydrogen-bond donors (Lipinski definition) is 1. The number of aryl methyl sites for hydroxylation is 1. The van der Waals surface area contributed by atoms with E-state index in [-0.39, 0.29) is 0 Å². The van der Waals surface area contributed by atoms with Gasteiger partial charge in [-0.15, -0.1) is 0 Å². The normalized spacial score (nSPS) is 19.9. The first-order valence-electron chi connectivity index (χ1n) is 11.6. The molecule has 166 valence electrons. The summed E-state index contributed by atoms with van der Waals surface area (Å²) in [6, 6.07) is 13.9. The van der Waals surface area contributed by atoms with Crippen LogP contribution < -0.4 is 4.74 Å². The van der Waals surface area contributed by atoms with Crippen LogP contribution in [-0.4, -0.2) is 36.2 Å². The van der Waals surface area contributed by atoms with Gasteiger partial charge < -0.3 is 14.5 Å². The highest BCUT2D eigenvalue weighted by Crippen LogP contribution is 2.38. The second-order valence-electron chi connectivity index (χ2n) is 9.05. The number of ether oxygens (including phenoxy) is 2. The molecule has 0 bridgehead atoms. The quantitative estimate of drug-likeness (QED) is 0.484. The Balaban J connectivity index is 1.68. The van der Waals surface area contributed by atoms with Gasteiger partial charge in [-0.3, -0.25) is 4.90 Å². The highest BCUT2D eigenvalue weighted by Gasteiger charge is 2.31. The standard InChI is InChI=1S/C27H36N2O2/c1-6-31-22-12-14-29(25(16-22)21-9-7-20(8-10-21)18(2)3)17-24-23-11-13-28-27(23)19(4)15-26(24)30-5/h7-11,13,15,18,22,25,28H,6,12,14,16-17H2,1-5H3/t22-,25-/m0/s1. The SMILES string of the molecule is CCO[C@H]1CCN(Cc2c(OC)cc(C)c3[nH]ccc23)[C@H](c2ccc(C(C)C)cc2)C1. The Kier molecular flexibility index (Phi) is 6.68. The number of fused-ring (bicyclic) bond motifs is 1. The van der Waals surface area contributed by atoms with Gasteiger partial charge in [-0.25, -0.2) is 0 Å². The topological polar surface area (TPSA) is 37.5 Å². The van der Waals surface area contributed by atoms with Crippen molar-refractivity contribution in [3.8, 4) is 5.75 Å². The largest absolute Gasteiger partial charge is 0.496 e. The molecule has 3 aromatic rings. The summed E-state index contributed by atoms with van der Waals surface area (Å²) in [6.45, 7) is 11.4. The number of benzene rings is 2. The third-order valence-electron chi connectivity index (χ3n) is 6.75. The van der Waals surface area contributed by atoms with Crippen LogP contribution in [0.4, 0.5) is 0 Å². The van der Waals surface area contributed by atoms with Gasteiger partial charge in [-0.1, -0.05) is 38.1 Å². The Hall–Kier alpha value is -2.30. The molecule has 0 amide bonds. The second kappa shape index (κ2) is 9.46. The number of rotatable bonds is 7. The van der Waals surface area contributed by atoms with E-state index >= 15 is 0 Å². The molecule has 0 radical (unpaired) electrons. The number of aromatic nitrogens is 1. The van der Waals surface area contributed by atoms with Gasteiger partial charge in [0, 0.05) is 48.4 Å². The fraction of sp³-hybridized carbons (Fsp3) is 0.481. The molecular formula is C27H36N2O2. The van der Waals surface area contributed by atoms with E-state index in [0.717, 1.165) is 38.3 Å². The number of nitrogens with zero attached hydrogens (tertiary/aromatic N) is 1. The van der Waals surface area contributed by atoms with Crippen LogP contribution in [0.1, 0.15) is 67.8 Å². The van der Waals surface area contributed by atoms with Gasteiger partial charge in [0.2, 0.25) is 0 Å². The number of piperidine rings is 1. The van der Waals surface area contributed by atoms with E-state index in [2.05, 4.69) is 74.0 Å². The van der Waals surface area contributed by atoms with Crippen molar-refractivity contribution in [2.24, 2.45) is 0 Å². The van der Waals surface area contributed by atoms with E-state index in [1.165, 1.54) is 33.2 Å². The summed E-state index contributed by atoms with van der Waals surface area (Å²) in [5.74, 6) is 1.52. The Morgan fingerprint density at radius 1 is 1.16 bits per heavy atom. The molecule has 1 aromatic heterocycles. The molecule has 0 aliphatic carbocycles. The minimum absolute atomic E-state index is 0.322. The highest BCUT2D eigenvalue weighted by molar-refractivity contribution is 5.88. The lowest BCUT2D eigenvalue weighted by molar-refractivity contribution is -0.0138. The lowest BCUT2D eigenvalue weighted by atomic mass is 9.90. The summed E-state index contributed by atoms with van der Waals surface area (Å²) >= 11 is 0. The summed E-state index contributed by atoms with van der Waals surface area (Å²) in [4.78, 5) is 6.02. The maximum atomic E-state index is 6.06. The predicted octanol–water partition coefficient (Wildman–Crippen LogP) is 6.35. The molecule has 1 saturated heterocycles. The van der Waals surface area contributed by atoms with Crippen molar-refractivity contribution in [2.45, 2.75) is 65.1 Å². The minimum Gasteiger partial charge on any atom is -0.496 e. The first-order chi connectivity index (χ1) is 15.0. The molecule has 2 heterocycles. The number of H-pyrrole nitrogens is 1. The minimum atomic E-state index is 0.322. The third kappa shape index (κ3) is 4.51. The van der Waals surface area contributed by atoms with Crippen molar-refractivity contribution in [1.29, 1.82) is 0 Å². The van der Waals surface area contributed by atoms with Crippen molar-refractivity contribution in [3.05, 3.63) is 64.8 Å². The molecule has 4 rings (SSSR count). The molecule has 1 fully saturated rings. The highest BCUT2D eigenvalue weighted by atomic mass is 16.5. The lowest BCUT2D eigenvalue weighted by Crippen LogP contribution is -2.39. The van der Waals surface area contributed by atoms with E-state index in [1.54, 1.807) is 7.11 Å². The van der Waals surface area contributed by atoms with Crippen LogP contribution in [-0.2, 0) is 11.3 Å². The van der Waals surface area contributed by atoms with Gasteiger partial charge in [0.25, 0.3) is 0 Å². The van der Waals surface area contributed by atoms with Gasteiger partial charge in [0.15, 0.2) is 0 Å². The molecule has 0 spiro atoms. The van der Waals surface area contributed by atoms with Crippen LogP contribution in [0.15, 0.2) is 42.6 Å². The first kappa shape index (κ1) is 21.9. The number of nitrogens with one attached hydrogen (secondary N) is 1. The van der Waals surface area contributed by atoms with E-state index in [9.17, 15) is 0 Å². The van der Waals surface area contributed by atoms with Crippen LogP contribution in [0.2, 0.25) is 0 Å². The maximum absolute atomic E-state index is 6.06. The predicted molar refractivity (Wildman–Crippen MR) is 128 cm³/mol. The fourth-order valence-electron chi connectivity index (χ4n) is 4.99.